The van der Waals surface area contributed by atoms with Gasteiger partial charge in [0, 0.05) is 34.6 Å². The highest BCUT2D eigenvalue weighted by Crippen LogP contribution is 2.20. The van der Waals surface area contributed by atoms with Crippen LogP contribution in [-0.2, 0) is 9.73 Å². The molecule has 1 saturated carbocycles. The number of rotatable bonds is 2. The van der Waals surface area contributed by atoms with Gasteiger partial charge >= 0.3 is 6.03 Å². The van der Waals surface area contributed by atoms with Crippen molar-refractivity contribution < 1.29 is 9.00 Å². The fourth-order valence-corrected chi connectivity index (χ4v) is 4.63. The molecule has 0 aromatic heterocycles. The Kier molecular flexibility index (Phi) is 4.14. The molecule has 1 aliphatic heterocycles. The van der Waals surface area contributed by atoms with E-state index in [9.17, 15) is 9.00 Å². The van der Waals surface area contributed by atoms with Crippen LogP contribution in [0.25, 0.3) is 0 Å². The Labute approximate surface area is 109 Å². The fourth-order valence-electron chi connectivity index (χ4n) is 2.80. The molecule has 2 fully saturated rings. The van der Waals surface area contributed by atoms with E-state index in [0.29, 0.717) is 24.0 Å². The number of amides is 2. The fraction of sp³-hybridized carbons (Fsp3) is 0.917. The summed E-state index contributed by atoms with van der Waals surface area (Å²) in [6.07, 6.45) is 6.48. The molecule has 2 N–H and O–H groups in total. The number of carbonyl (C=O) groups excluding carboxylic acids is 1. The van der Waals surface area contributed by atoms with Crippen molar-refractivity contribution in [1.29, 1.82) is 4.78 Å². The molecular weight excluding hydrogens is 250 g/mol. The van der Waals surface area contributed by atoms with Crippen LogP contribution < -0.4 is 5.32 Å². The molecule has 2 unspecified atom stereocenters. The molecule has 0 spiro atoms. The topological polar surface area (TPSA) is 73.3 Å². The van der Waals surface area contributed by atoms with Crippen LogP contribution in [0.3, 0.4) is 0 Å². The van der Waals surface area contributed by atoms with Gasteiger partial charge in [-0.2, -0.15) is 0 Å². The van der Waals surface area contributed by atoms with Gasteiger partial charge in [0.25, 0.3) is 0 Å². The maximum absolute atomic E-state index is 12.1. The molecule has 2 amide bonds. The predicted molar refractivity (Wildman–Crippen MR) is 72.2 cm³/mol. The van der Waals surface area contributed by atoms with Crippen LogP contribution in [-0.4, -0.2) is 45.8 Å². The van der Waals surface area contributed by atoms with Crippen LogP contribution in [0.1, 0.15) is 38.5 Å². The van der Waals surface area contributed by atoms with E-state index in [2.05, 4.69) is 5.32 Å². The highest BCUT2D eigenvalue weighted by molar-refractivity contribution is 7.92. The first-order chi connectivity index (χ1) is 8.48. The summed E-state index contributed by atoms with van der Waals surface area (Å²) in [5.41, 5.74) is 0. The first kappa shape index (κ1) is 13.6. The molecule has 0 aromatic carbocycles. The van der Waals surface area contributed by atoms with Crippen LogP contribution in [0.2, 0.25) is 0 Å². The third-order valence-electron chi connectivity index (χ3n) is 4.04. The van der Waals surface area contributed by atoms with Crippen molar-refractivity contribution in [3.05, 3.63) is 0 Å². The van der Waals surface area contributed by atoms with E-state index in [4.69, 9.17) is 4.78 Å². The number of hydrogen-bond acceptors (Lipinski definition) is 3. The van der Waals surface area contributed by atoms with Gasteiger partial charge in [-0.05, 0) is 19.3 Å². The van der Waals surface area contributed by atoms with Crippen molar-refractivity contribution in [1.82, 2.24) is 10.2 Å². The first-order valence-corrected chi connectivity index (χ1v) is 8.65. The first-order valence-electron chi connectivity index (χ1n) is 6.75. The van der Waals surface area contributed by atoms with Gasteiger partial charge in [-0.15, -0.1) is 0 Å². The summed E-state index contributed by atoms with van der Waals surface area (Å²) in [6, 6.07) is 0.207. The van der Waals surface area contributed by atoms with Crippen LogP contribution in [0.15, 0.2) is 0 Å². The van der Waals surface area contributed by atoms with Gasteiger partial charge in [-0.3, -0.25) is 4.78 Å². The van der Waals surface area contributed by atoms with Crippen LogP contribution in [0.5, 0.6) is 0 Å². The van der Waals surface area contributed by atoms with Crippen molar-refractivity contribution in [2.45, 2.75) is 50.6 Å². The minimum absolute atomic E-state index is 0.0291. The quantitative estimate of drug-likeness (QED) is 0.805. The summed E-state index contributed by atoms with van der Waals surface area (Å²) < 4.78 is 19.2. The zero-order valence-electron chi connectivity index (χ0n) is 11.0. The van der Waals surface area contributed by atoms with Crippen LogP contribution in [0, 0.1) is 4.78 Å². The Morgan fingerprint density at radius 3 is 2.50 bits per heavy atom. The molecule has 1 saturated heterocycles. The van der Waals surface area contributed by atoms with Crippen molar-refractivity contribution in [3.8, 4) is 0 Å². The Balaban J connectivity index is 1.85. The summed E-state index contributed by atoms with van der Waals surface area (Å²) in [5, 5.41) is 3.06. The second-order valence-electron chi connectivity index (χ2n) is 5.52. The van der Waals surface area contributed by atoms with Gasteiger partial charge in [-0.1, -0.05) is 19.3 Å². The number of urea groups is 1. The Morgan fingerprint density at radius 2 is 1.94 bits per heavy atom. The number of nitrogens with zero attached hydrogens (tertiary/aromatic N) is 1. The van der Waals surface area contributed by atoms with E-state index < -0.39 is 9.73 Å². The molecule has 0 radical (unpaired) electrons. The van der Waals surface area contributed by atoms with Crippen molar-refractivity contribution in [2.75, 3.05) is 18.6 Å². The lowest BCUT2D eigenvalue weighted by atomic mass is 9.96. The normalized spacial score (nSPS) is 33.3. The van der Waals surface area contributed by atoms with Crippen molar-refractivity contribution in [3.63, 3.8) is 0 Å². The Hall–Kier alpha value is -0.780. The van der Waals surface area contributed by atoms with Crippen LogP contribution >= 0.6 is 0 Å². The second kappa shape index (κ2) is 5.47. The third kappa shape index (κ3) is 3.37. The molecule has 0 bridgehead atoms. The molecule has 104 valence electrons. The summed E-state index contributed by atoms with van der Waals surface area (Å²) in [7, 11) is -0.675. The Morgan fingerprint density at radius 1 is 1.28 bits per heavy atom. The zero-order chi connectivity index (χ0) is 13.2. The van der Waals surface area contributed by atoms with Gasteiger partial charge in [0.05, 0.1) is 5.75 Å². The van der Waals surface area contributed by atoms with E-state index >= 15 is 0 Å². The smallest absolute Gasteiger partial charge is 0.317 e. The van der Waals surface area contributed by atoms with E-state index in [1.54, 1.807) is 11.9 Å². The number of carbonyl (C=O) groups is 1. The molecule has 2 rings (SSSR count). The lowest BCUT2D eigenvalue weighted by molar-refractivity contribution is 0.187. The number of nitrogens with one attached hydrogen (secondary N) is 2. The minimum atomic E-state index is -2.43. The maximum Gasteiger partial charge on any atom is 0.317 e. The largest absolute Gasteiger partial charge is 0.335 e. The molecule has 0 aromatic rings. The van der Waals surface area contributed by atoms with Gasteiger partial charge in [0.1, 0.15) is 0 Å². The molecule has 2 aliphatic rings. The molecule has 1 heterocycles. The monoisotopic (exact) mass is 273 g/mol. The van der Waals surface area contributed by atoms with E-state index in [1.165, 1.54) is 19.3 Å². The van der Waals surface area contributed by atoms with Gasteiger partial charge < -0.3 is 10.2 Å². The Bertz CT molecular complexity index is 402. The van der Waals surface area contributed by atoms with Gasteiger partial charge in [-0.25, -0.2) is 9.00 Å². The SMILES string of the molecule is CN(C(=O)NC1CCCCC1)C1CCS(=N)(=O)C1. The summed E-state index contributed by atoms with van der Waals surface area (Å²) in [6.45, 7) is 0. The van der Waals surface area contributed by atoms with E-state index in [1.807, 2.05) is 0 Å². The maximum atomic E-state index is 12.1. The molecule has 2 atom stereocenters. The molecule has 1 aliphatic carbocycles. The van der Waals surface area contributed by atoms with Crippen LogP contribution in [0.4, 0.5) is 4.79 Å². The van der Waals surface area contributed by atoms with Gasteiger partial charge in [0.2, 0.25) is 0 Å². The molecular formula is C12H23N3O2S. The van der Waals surface area contributed by atoms with E-state index in [-0.39, 0.29) is 12.1 Å². The van der Waals surface area contributed by atoms with Crippen molar-refractivity contribution >= 4 is 15.8 Å². The summed E-state index contributed by atoms with van der Waals surface area (Å²) >= 11 is 0. The average molecular weight is 273 g/mol. The third-order valence-corrected chi connectivity index (χ3v) is 5.86. The summed E-state index contributed by atoms with van der Waals surface area (Å²) in [5.74, 6) is 0.764. The van der Waals surface area contributed by atoms with E-state index in [0.717, 1.165) is 12.8 Å². The number of hydrogen-bond donors (Lipinski definition) is 2. The summed E-state index contributed by atoms with van der Waals surface area (Å²) in [4.78, 5) is 13.7. The second-order valence-corrected chi connectivity index (χ2v) is 7.89. The lowest BCUT2D eigenvalue weighted by Gasteiger charge is -2.29. The predicted octanol–water partition coefficient (Wildman–Crippen LogP) is 1.78. The molecule has 18 heavy (non-hydrogen) atoms. The minimum Gasteiger partial charge on any atom is -0.335 e. The average Bonchev–Trinajstić information content (AvgIpc) is 2.70. The van der Waals surface area contributed by atoms with Gasteiger partial charge in [0.15, 0.2) is 0 Å². The highest BCUT2D eigenvalue weighted by Gasteiger charge is 2.31. The molecule has 6 heteroatoms. The standard InChI is InChI=1S/C12H23N3O2S/c1-15(11-7-8-18(13,17)9-11)12(16)14-10-5-3-2-4-6-10/h10-11,13H,2-9H2,1H3,(H,14,16). The zero-order valence-corrected chi connectivity index (χ0v) is 11.8. The molecule has 5 nitrogen and oxygen atoms in total. The highest BCUT2D eigenvalue weighted by atomic mass is 32.2. The van der Waals surface area contributed by atoms with Crippen molar-refractivity contribution in [2.24, 2.45) is 0 Å². The lowest BCUT2D eigenvalue weighted by Crippen LogP contribution is -2.48.